The highest BCUT2D eigenvalue weighted by molar-refractivity contribution is 6.31. The molecule has 1 N–H and O–H groups in total. The summed E-state index contributed by atoms with van der Waals surface area (Å²) in [5.41, 5.74) is 1.53. The van der Waals surface area contributed by atoms with Gasteiger partial charge in [0.1, 0.15) is 0 Å². The molecule has 1 saturated carbocycles. The number of hydrogen-bond acceptors (Lipinski definition) is 2. The number of halogens is 2. The zero-order chi connectivity index (χ0) is 11.2. The Morgan fingerprint density at radius 1 is 1.67 bits per heavy atom. The minimum Gasteiger partial charge on any atom is -0.393 e. The number of rotatable bonds is 2. The molecule has 1 aliphatic rings. The molecule has 1 aromatic heterocycles. The van der Waals surface area contributed by atoms with Gasteiger partial charge < -0.3 is 5.11 Å². The predicted octanol–water partition coefficient (Wildman–Crippen LogP) is 2.67. The lowest BCUT2D eigenvalue weighted by molar-refractivity contribution is 0.168. The second kappa shape index (κ2) is 3.72. The highest BCUT2D eigenvalue weighted by Gasteiger charge is 2.43. The summed E-state index contributed by atoms with van der Waals surface area (Å²) in [6.07, 6.45) is 1.73. The zero-order valence-corrected chi connectivity index (χ0v) is 9.42. The molecular formula is C11H13ClFNO. The van der Waals surface area contributed by atoms with Crippen molar-refractivity contribution in [2.45, 2.75) is 32.3 Å². The van der Waals surface area contributed by atoms with Crippen molar-refractivity contribution in [1.82, 2.24) is 4.98 Å². The molecule has 1 heterocycles. The van der Waals surface area contributed by atoms with Crippen molar-refractivity contribution in [2.24, 2.45) is 5.92 Å². The van der Waals surface area contributed by atoms with E-state index < -0.39 is 5.82 Å². The summed E-state index contributed by atoms with van der Waals surface area (Å²) in [5.74, 6) is 0.00740. The molecule has 3 atom stereocenters. The van der Waals surface area contributed by atoms with Gasteiger partial charge in [0.2, 0.25) is 0 Å². The van der Waals surface area contributed by atoms with E-state index >= 15 is 0 Å². The third-order valence-corrected chi connectivity index (χ3v) is 3.51. The Labute approximate surface area is 93.1 Å². The maximum atomic E-state index is 13.1. The molecule has 82 valence electrons. The van der Waals surface area contributed by atoms with Crippen LogP contribution in [0.2, 0.25) is 5.02 Å². The van der Waals surface area contributed by atoms with Gasteiger partial charge in [0.25, 0.3) is 0 Å². The second-order valence-corrected chi connectivity index (χ2v) is 4.55. The van der Waals surface area contributed by atoms with Crippen molar-refractivity contribution in [3.63, 3.8) is 0 Å². The van der Waals surface area contributed by atoms with Crippen LogP contribution in [0, 0.1) is 18.7 Å². The van der Waals surface area contributed by atoms with Gasteiger partial charge in [-0.25, -0.2) is 4.39 Å². The summed E-state index contributed by atoms with van der Waals surface area (Å²) in [4.78, 5) is 4.06. The quantitative estimate of drug-likeness (QED) is 0.846. The number of aliphatic hydroxyl groups excluding tert-OH is 1. The molecule has 0 aliphatic heterocycles. The molecule has 4 heteroatoms. The van der Waals surface area contributed by atoms with E-state index in [0.29, 0.717) is 5.56 Å². The van der Waals surface area contributed by atoms with E-state index in [2.05, 4.69) is 4.98 Å². The standard InChI is InChI=1S/C11H13ClFNO/c1-5-10(12)9(13)4-14-11(5)8-3-7(8)6(2)15/h4,6-8,15H,3H2,1-2H3. The Kier molecular flexibility index (Phi) is 2.69. The van der Waals surface area contributed by atoms with Gasteiger partial charge in [-0.15, -0.1) is 0 Å². The van der Waals surface area contributed by atoms with Gasteiger partial charge in [-0.3, -0.25) is 4.98 Å². The molecule has 2 rings (SSSR count). The third kappa shape index (κ3) is 1.86. The van der Waals surface area contributed by atoms with Gasteiger partial charge in [-0.2, -0.15) is 0 Å². The van der Waals surface area contributed by atoms with Crippen LogP contribution in [0.15, 0.2) is 6.20 Å². The number of pyridine rings is 1. The fourth-order valence-electron chi connectivity index (χ4n) is 2.01. The van der Waals surface area contributed by atoms with E-state index in [4.69, 9.17) is 11.6 Å². The molecule has 3 unspecified atom stereocenters. The Morgan fingerprint density at radius 2 is 2.33 bits per heavy atom. The third-order valence-electron chi connectivity index (χ3n) is 3.05. The number of nitrogens with zero attached hydrogens (tertiary/aromatic N) is 1. The Hall–Kier alpha value is -0.670. The van der Waals surface area contributed by atoms with Crippen molar-refractivity contribution >= 4 is 11.6 Å². The molecule has 0 spiro atoms. The summed E-state index contributed by atoms with van der Waals surface area (Å²) in [6.45, 7) is 3.54. The average molecular weight is 230 g/mol. The van der Waals surface area contributed by atoms with Gasteiger partial charge >= 0.3 is 0 Å². The monoisotopic (exact) mass is 229 g/mol. The van der Waals surface area contributed by atoms with Gasteiger partial charge in [0, 0.05) is 11.6 Å². The van der Waals surface area contributed by atoms with E-state index in [1.807, 2.05) is 0 Å². The normalized spacial score (nSPS) is 26.5. The van der Waals surface area contributed by atoms with E-state index in [1.165, 1.54) is 0 Å². The minimum atomic E-state index is -0.479. The topological polar surface area (TPSA) is 33.1 Å². The maximum Gasteiger partial charge on any atom is 0.160 e. The molecule has 1 aliphatic carbocycles. The molecule has 0 aromatic carbocycles. The van der Waals surface area contributed by atoms with Crippen LogP contribution in [0.3, 0.4) is 0 Å². The smallest absolute Gasteiger partial charge is 0.160 e. The van der Waals surface area contributed by atoms with E-state index in [-0.39, 0.29) is 23.0 Å². The first kappa shape index (κ1) is 10.8. The molecule has 0 saturated heterocycles. The number of aromatic nitrogens is 1. The van der Waals surface area contributed by atoms with Crippen molar-refractivity contribution in [3.05, 3.63) is 28.3 Å². The first-order chi connectivity index (χ1) is 7.02. The molecule has 0 amide bonds. The minimum absolute atomic E-state index is 0.149. The molecule has 0 bridgehead atoms. The van der Waals surface area contributed by atoms with Crippen LogP contribution in [-0.4, -0.2) is 16.2 Å². The van der Waals surface area contributed by atoms with Crippen LogP contribution < -0.4 is 0 Å². The number of aliphatic hydroxyl groups is 1. The van der Waals surface area contributed by atoms with E-state index in [1.54, 1.807) is 13.8 Å². The highest BCUT2D eigenvalue weighted by atomic mass is 35.5. The summed E-state index contributed by atoms with van der Waals surface area (Å²) in [5, 5.41) is 9.55. The number of hydrogen-bond donors (Lipinski definition) is 1. The predicted molar refractivity (Wildman–Crippen MR) is 56.5 cm³/mol. The van der Waals surface area contributed by atoms with Crippen molar-refractivity contribution in [1.29, 1.82) is 0 Å². The maximum absolute atomic E-state index is 13.1. The first-order valence-corrected chi connectivity index (χ1v) is 5.38. The first-order valence-electron chi connectivity index (χ1n) is 5.01. The van der Waals surface area contributed by atoms with Crippen molar-refractivity contribution in [2.75, 3.05) is 0 Å². The van der Waals surface area contributed by atoms with Gasteiger partial charge in [-0.05, 0) is 31.7 Å². The molecule has 1 fully saturated rings. The molecular weight excluding hydrogens is 217 g/mol. The van der Waals surface area contributed by atoms with E-state index in [0.717, 1.165) is 18.3 Å². The second-order valence-electron chi connectivity index (χ2n) is 4.18. The lowest BCUT2D eigenvalue weighted by atomic mass is 10.1. The Bertz CT molecular complexity index is 394. The van der Waals surface area contributed by atoms with Crippen LogP contribution >= 0.6 is 11.6 Å². The van der Waals surface area contributed by atoms with Crippen molar-refractivity contribution in [3.8, 4) is 0 Å². The van der Waals surface area contributed by atoms with Crippen LogP contribution in [0.25, 0.3) is 0 Å². The summed E-state index contributed by atoms with van der Waals surface area (Å²) in [6, 6.07) is 0. The zero-order valence-electron chi connectivity index (χ0n) is 8.67. The lowest BCUT2D eigenvalue weighted by Gasteiger charge is -2.07. The van der Waals surface area contributed by atoms with Gasteiger partial charge in [-0.1, -0.05) is 11.6 Å². The molecule has 2 nitrogen and oxygen atoms in total. The fourth-order valence-corrected chi connectivity index (χ4v) is 2.15. The van der Waals surface area contributed by atoms with E-state index in [9.17, 15) is 9.50 Å². The van der Waals surface area contributed by atoms with Gasteiger partial charge in [0.05, 0.1) is 17.3 Å². The van der Waals surface area contributed by atoms with Crippen LogP contribution in [0.4, 0.5) is 4.39 Å². The van der Waals surface area contributed by atoms with Crippen LogP contribution in [0.1, 0.15) is 30.5 Å². The largest absolute Gasteiger partial charge is 0.393 e. The van der Waals surface area contributed by atoms with Gasteiger partial charge in [0.15, 0.2) is 5.82 Å². The summed E-state index contributed by atoms with van der Waals surface area (Å²) >= 11 is 5.80. The summed E-state index contributed by atoms with van der Waals surface area (Å²) < 4.78 is 13.1. The highest BCUT2D eigenvalue weighted by Crippen LogP contribution is 2.50. The molecule has 0 radical (unpaired) electrons. The summed E-state index contributed by atoms with van der Waals surface area (Å²) in [7, 11) is 0. The van der Waals surface area contributed by atoms with Crippen LogP contribution in [0.5, 0.6) is 0 Å². The average Bonchev–Trinajstić information content (AvgIpc) is 2.94. The lowest BCUT2D eigenvalue weighted by Crippen LogP contribution is -2.05. The Balaban J connectivity index is 2.28. The molecule has 15 heavy (non-hydrogen) atoms. The van der Waals surface area contributed by atoms with Crippen LogP contribution in [-0.2, 0) is 0 Å². The van der Waals surface area contributed by atoms with Crippen molar-refractivity contribution < 1.29 is 9.50 Å². The SMILES string of the molecule is Cc1c(C2CC2C(C)O)ncc(F)c1Cl. The molecule has 1 aromatic rings. The Morgan fingerprint density at radius 3 is 2.87 bits per heavy atom. The fraction of sp³-hybridized carbons (Fsp3) is 0.545.